The van der Waals surface area contributed by atoms with Gasteiger partial charge in [-0.25, -0.2) is 0 Å². The molecule has 0 fully saturated rings. The van der Waals surface area contributed by atoms with Gasteiger partial charge in [0, 0.05) is 0 Å². The van der Waals surface area contributed by atoms with Crippen LogP contribution in [-0.2, 0) is 6.42 Å². The van der Waals surface area contributed by atoms with Crippen molar-refractivity contribution in [2.45, 2.75) is 13.3 Å². The van der Waals surface area contributed by atoms with Gasteiger partial charge < -0.3 is 0 Å². The minimum atomic E-state index is 0.0905. The van der Waals surface area contributed by atoms with E-state index in [9.17, 15) is 4.79 Å². The zero-order chi connectivity index (χ0) is 8.97. The van der Waals surface area contributed by atoms with Gasteiger partial charge in [0.2, 0.25) is 0 Å². The average Bonchev–Trinajstić information content (AvgIpc) is 2.17. The van der Waals surface area contributed by atoms with Crippen molar-refractivity contribution in [2.75, 3.05) is 0 Å². The molecule has 0 atom stereocenters. The summed E-state index contributed by atoms with van der Waals surface area (Å²) in [5.74, 6) is 0. The van der Waals surface area contributed by atoms with Gasteiger partial charge in [0.15, 0.2) is 0 Å². The normalized spacial score (nSPS) is 9.75. The summed E-state index contributed by atoms with van der Waals surface area (Å²) in [6.45, 7) is 2.03. The Balaban J connectivity index is 2.93. The summed E-state index contributed by atoms with van der Waals surface area (Å²) in [4.78, 5) is 15.4. The molecule has 2 nitrogen and oxygen atoms in total. The monoisotopic (exact) mass is 281 g/mol. The Morgan fingerprint density at radius 3 is 3.00 bits per heavy atom. The number of carbonyl (C=O) groups is 1. The van der Waals surface area contributed by atoms with E-state index >= 15 is 0 Å². The van der Waals surface area contributed by atoms with Gasteiger partial charge >= 0.3 is 89.3 Å². The zero-order valence-electron chi connectivity index (χ0n) is 6.78. The summed E-state index contributed by atoms with van der Waals surface area (Å²) in [5, 5.41) is 0.0905. The molecule has 1 aromatic heterocycles. The molecule has 0 aliphatic rings. The number of nitrogens with zero attached hydrogens (tertiary/aromatic N) is 1. The standard InChI is InChI=1S/C8H9NOS.In/c1-2-6-4-3-5-7(9-6)8(10)11;/h3-5H,2H2,1H3,(H,10,11);/q;+1/p-1. The second kappa shape index (κ2) is 4.92. The Morgan fingerprint density at radius 1 is 1.67 bits per heavy atom. The van der Waals surface area contributed by atoms with E-state index < -0.39 is 0 Å². The SMILES string of the molecule is CCc1cccc(C(=O)[S][In])n1. The van der Waals surface area contributed by atoms with Crippen molar-refractivity contribution in [3.05, 3.63) is 29.6 Å². The number of aromatic nitrogens is 1. The van der Waals surface area contributed by atoms with Crippen LogP contribution in [0.2, 0.25) is 0 Å². The fourth-order valence-corrected chi connectivity index (χ4v) is 2.12. The molecule has 0 N–H and O–H groups in total. The topological polar surface area (TPSA) is 30.0 Å². The predicted molar refractivity (Wildman–Crippen MR) is 51.3 cm³/mol. The van der Waals surface area contributed by atoms with E-state index in [4.69, 9.17) is 0 Å². The van der Waals surface area contributed by atoms with Crippen LogP contribution in [-0.4, -0.2) is 33.0 Å². The van der Waals surface area contributed by atoms with Gasteiger partial charge in [-0.2, -0.15) is 0 Å². The quantitative estimate of drug-likeness (QED) is 0.824. The fourth-order valence-electron chi connectivity index (χ4n) is 0.851. The van der Waals surface area contributed by atoms with Crippen LogP contribution in [0.5, 0.6) is 0 Å². The van der Waals surface area contributed by atoms with Crippen molar-refractivity contribution in [3.63, 3.8) is 0 Å². The fraction of sp³-hybridized carbons (Fsp3) is 0.250. The van der Waals surface area contributed by atoms with Crippen molar-refractivity contribution in [2.24, 2.45) is 0 Å². The molecule has 12 heavy (non-hydrogen) atoms. The van der Waals surface area contributed by atoms with E-state index in [0.29, 0.717) is 5.69 Å². The van der Waals surface area contributed by atoms with E-state index in [0.717, 1.165) is 35.0 Å². The molecule has 1 heterocycles. The van der Waals surface area contributed by atoms with Crippen molar-refractivity contribution >= 4 is 36.6 Å². The number of aryl methyl sites for hydroxylation is 1. The van der Waals surface area contributed by atoms with Gasteiger partial charge in [-0.15, -0.1) is 0 Å². The maximum absolute atomic E-state index is 11.2. The van der Waals surface area contributed by atoms with Crippen LogP contribution in [0.1, 0.15) is 23.1 Å². The third-order valence-corrected chi connectivity index (χ3v) is 3.74. The van der Waals surface area contributed by atoms with Gasteiger partial charge in [-0.05, 0) is 0 Å². The van der Waals surface area contributed by atoms with Crippen LogP contribution in [0, 0.1) is 0 Å². The molecule has 1 aromatic rings. The third kappa shape index (κ3) is 2.52. The van der Waals surface area contributed by atoms with Gasteiger partial charge in [0.25, 0.3) is 0 Å². The molecule has 0 bridgehead atoms. The molecule has 0 aliphatic carbocycles. The van der Waals surface area contributed by atoms with Crippen molar-refractivity contribution in [1.82, 2.24) is 4.98 Å². The molecule has 0 spiro atoms. The van der Waals surface area contributed by atoms with Crippen LogP contribution in [0.3, 0.4) is 0 Å². The van der Waals surface area contributed by atoms with E-state index in [1.807, 2.05) is 19.1 Å². The number of carbonyl (C=O) groups excluding carboxylic acids is 1. The van der Waals surface area contributed by atoms with Crippen LogP contribution in [0.25, 0.3) is 0 Å². The number of hydrogen-bond donors (Lipinski definition) is 0. The molecule has 4 heteroatoms. The third-order valence-electron chi connectivity index (χ3n) is 1.49. The molecule has 0 aliphatic heterocycles. The number of rotatable bonds is 2. The van der Waals surface area contributed by atoms with Gasteiger partial charge in [-0.1, -0.05) is 0 Å². The summed E-state index contributed by atoms with van der Waals surface area (Å²) in [6, 6.07) is 5.59. The Labute approximate surface area is 89.0 Å². The number of hydrogen-bond acceptors (Lipinski definition) is 3. The first-order valence-electron chi connectivity index (χ1n) is 3.65. The predicted octanol–water partition coefficient (Wildman–Crippen LogP) is 1.60. The van der Waals surface area contributed by atoms with Crippen LogP contribution < -0.4 is 0 Å². The van der Waals surface area contributed by atoms with E-state index in [1.54, 1.807) is 6.07 Å². The minimum absolute atomic E-state index is 0.0905. The summed E-state index contributed by atoms with van der Waals surface area (Å²) in [5.41, 5.74) is 1.57. The van der Waals surface area contributed by atoms with E-state index in [-0.39, 0.29) is 5.12 Å². The molecule has 0 unspecified atom stereocenters. The Bertz CT molecular complexity index is 290. The van der Waals surface area contributed by atoms with E-state index in [2.05, 4.69) is 4.98 Å². The van der Waals surface area contributed by atoms with Crippen LogP contribution in [0.15, 0.2) is 18.2 Å². The zero-order valence-corrected chi connectivity index (χ0v) is 10.9. The second-order valence-electron chi connectivity index (χ2n) is 2.27. The molecule has 0 aromatic carbocycles. The Hall–Kier alpha value is 0.0401. The van der Waals surface area contributed by atoms with Gasteiger partial charge in [0.1, 0.15) is 0 Å². The Morgan fingerprint density at radius 2 is 2.42 bits per heavy atom. The molecule has 60 valence electrons. The van der Waals surface area contributed by atoms with Crippen LogP contribution in [0.4, 0.5) is 0 Å². The van der Waals surface area contributed by atoms with Gasteiger partial charge in [0.05, 0.1) is 0 Å². The van der Waals surface area contributed by atoms with E-state index in [1.165, 1.54) is 8.59 Å². The summed E-state index contributed by atoms with van der Waals surface area (Å²) in [6.07, 6.45) is 0.881. The molecule has 0 amide bonds. The first-order valence-corrected chi connectivity index (χ1v) is 8.56. The van der Waals surface area contributed by atoms with Crippen molar-refractivity contribution in [1.29, 1.82) is 0 Å². The summed E-state index contributed by atoms with van der Waals surface area (Å²) >= 11 is 0.894. The maximum atomic E-state index is 11.2. The molecular formula is C8H8InNOS. The van der Waals surface area contributed by atoms with Crippen LogP contribution >= 0.6 is 8.59 Å². The Kier molecular flexibility index (Phi) is 4.15. The first kappa shape index (κ1) is 10.1. The summed E-state index contributed by atoms with van der Waals surface area (Å²) in [7, 11) is 1.33. The molecule has 0 saturated heterocycles. The van der Waals surface area contributed by atoms with Gasteiger partial charge in [-0.3, -0.25) is 0 Å². The molecular weight excluding hydrogens is 273 g/mol. The van der Waals surface area contributed by atoms with Crippen molar-refractivity contribution in [3.8, 4) is 0 Å². The molecule has 2 radical (unpaired) electrons. The summed E-state index contributed by atoms with van der Waals surface area (Å²) < 4.78 is 0. The number of pyridine rings is 1. The average molecular weight is 281 g/mol. The second-order valence-corrected chi connectivity index (χ2v) is 4.90. The molecule has 0 saturated carbocycles. The molecule has 1 rings (SSSR count). The van der Waals surface area contributed by atoms with Crippen molar-refractivity contribution < 1.29 is 4.79 Å². The first-order chi connectivity index (χ1) is 5.77.